The summed E-state index contributed by atoms with van der Waals surface area (Å²) in [5.41, 5.74) is 6.27. The van der Waals surface area contributed by atoms with E-state index in [0.717, 1.165) is 25.3 Å². The molecule has 0 aromatic carbocycles. The van der Waals surface area contributed by atoms with Gasteiger partial charge < -0.3 is 10.6 Å². The average Bonchev–Trinajstić information content (AvgIpc) is 2.37. The second-order valence-electron chi connectivity index (χ2n) is 5.82. The standard InChI is InChI=1S/C14H24N4O2/c1-5-8-17(10-14(3,4)9-15)13-7-6-12(18(19)20)11(2)16-13/h6-7H,5,8-10,15H2,1-4H3. The Labute approximate surface area is 120 Å². The SMILES string of the molecule is CCCN(CC(C)(C)CN)c1ccc([N+](=O)[O-])c(C)n1. The van der Waals surface area contributed by atoms with Crippen LogP contribution in [0.3, 0.4) is 0 Å². The number of aryl methyl sites for hydroxylation is 1. The fraction of sp³-hybridized carbons (Fsp3) is 0.643. The Morgan fingerprint density at radius 1 is 1.45 bits per heavy atom. The van der Waals surface area contributed by atoms with Crippen molar-refractivity contribution in [2.45, 2.75) is 34.1 Å². The molecule has 0 aliphatic carbocycles. The Kier molecular flexibility index (Phi) is 5.44. The molecule has 1 aromatic rings. The molecule has 0 bridgehead atoms. The molecule has 0 amide bonds. The number of nitro groups is 1. The van der Waals surface area contributed by atoms with Gasteiger partial charge in [-0.2, -0.15) is 0 Å². The lowest BCUT2D eigenvalue weighted by Crippen LogP contribution is -2.39. The zero-order valence-corrected chi connectivity index (χ0v) is 12.7. The second-order valence-corrected chi connectivity index (χ2v) is 5.82. The van der Waals surface area contributed by atoms with Crippen LogP contribution >= 0.6 is 0 Å². The summed E-state index contributed by atoms with van der Waals surface area (Å²) < 4.78 is 0. The molecular formula is C14H24N4O2. The van der Waals surface area contributed by atoms with E-state index in [9.17, 15) is 10.1 Å². The highest BCUT2D eigenvalue weighted by molar-refractivity contribution is 5.47. The van der Waals surface area contributed by atoms with Gasteiger partial charge in [0.25, 0.3) is 5.69 Å². The van der Waals surface area contributed by atoms with Crippen LogP contribution in [0.2, 0.25) is 0 Å². The maximum atomic E-state index is 10.8. The summed E-state index contributed by atoms with van der Waals surface area (Å²) >= 11 is 0. The van der Waals surface area contributed by atoms with Crippen molar-refractivity contribution >= 4 is 11.5 Å². The number of nitrogens with zero attached hydrogens (tertiary/aromatic N) is 3. The van der Waals surface area contributed by atoms with E-state index in [2.05, 4.69) is 30.7 Å². The Morgan fingerprint density at radius 2 is 2.10 bits per heavy atom. The van der Waals surface area contributed by atoms with E-state index in [0.29, 0.717) is 12.2 Å². The minimum atomic E-state index is -0.403. The number of rotatable bonds is 7. The highest BCUT2D eigenvalue weighted by Gasteiger charge is 2.22. The van der Waals surface area contributed by atoms with Gasteiger partial charge in [0.05, 0.1) is 4.92 Å². The third kappa shape index (κ3) is 4.16. The Hall–Kier alpha value is -1.69. The van der Waals surface area contributed by atoms with Gasteiger partial charge in [0.15, 0.2) is 0 Å². The van der Waals surface area contributed by atoms with Gasteiger partial charge in [-0.05, 0) is 31.4 Å². The first kappa shape index (κ1) is 16.4. The maximum Gasteiger partial charge on any atom is 0.290 e. The van der Waals surface area contributed by atoms with Crippen LogP contribution in [-0.4, -0.2) is 29.5 Å². The van der Waals surface area contributed by atoms with Crippen molar-refractivity contribution in [2.24, 2.45) is 11.1 Å². The predicted octanol–water partition coefficient (Wildman–Crippen LogP) is 2.50. The molecule has 6 nitrogen and oxygen atoms in total. The normalized spacial score (nSPS) is 11.4. The van der Waals surface area contributed by atoms with Crippen LogP contribution in [0.15, 0.2) is 12.1 Å². The van der Waals surface area contributed by atoms with Gasteiger partial charge in [-0.15, -0.1) is 0 Å². The van der Waals surface area contributed by atoms with E-state index >= 15 is 0 Å². The summed E-state index contributed by atoms with van der Waals surface area (Å²) in [6.45, 7) is 10.2. The number of hydrogen-bond donors (Lipinski definition) is 1. The van der Waals surface area contributed by atoms with Gasteiger partial charge in [0, 0.05) is 19.2 Å². The van der Waals surface area contributed by atoms with E-state index in [-0.39, 0.29) is 11.1 Å². The summed E-state index contributed by atoms with van der Waals surface area (Å²) in [4.78, 5) is 17.0. The monoisotopic (exact) mass is 280 g/mol. The highest BCUT2D eigenvalue weighted by Crippen LogP contribution is 2.24. The van der Waals surface area contributed by atoms with E-state index < -0.39 is 4.92 Å². The first-order chi connectivity index (χ1) is 9.30. The van der Waals surface area contributed by atoms with E-state index in [1.165, 1.54) is 6.07 Å². The summed E-state index contributed by atoms with van der Waals surface area (Å²) in [6, 6.07) is 3.24. The third-order valence-corrected chi connectivity index (χ3v) is 3.23. The summed E-state index contributed by atoms with van der Waals surface area (Å²) in [5.74, 6) is 0.775. The van der Waals surface area contributed by atoms with Crippen molar-refractivity contribution in [3.63, 3.8) is 0 Å². The molecule has 0 aliphatic rings. The molecule has 1 heterocycles. The van der Waals surface area contributed by atoms with E-state index in [4.69, 9.17) is 5.73 Å². The van der Waals surface area contributed by atoms with Crippen LogP contribution in [-0.2, 0) is 0 Å². The number of hydrogen-bond acceptors (Lipinski definition) is 5. The van der Waals surface area contributed by atoms with Gasteiger partial charge >= 0.3 is 0 Å². The first-order valence-corrected chi connectivity index (χ1v) is 6.88. The summed E-state index contributed by atoms with van der Waals surface area (Å²) in [6.07, 6.45) is 0.984. The van der Waals surface area contributed by atoms with Crippen LogP contribution in [0.4, 0.5) is 11.5 Å². The number of pyridine rings is 1. The lowest BCUT2D eigenvalue weighted by molar-refractivity contribution is -0.385. The van der Waals surface area contributed by atoms with Crippen molar-refractivity contribution in [1.29, 1.82) is 0 Å². The van der Waals surface area contributed by atoms with Crippen LogP contribution in [0, 0.1) is 22.5 Å². The molecular weight excluding hydrogens is 256 g/mol. The fourth-order valence-corrected chi connectivity index (χ4v) is 2.04. The molecule has 0 aliphatic heterocycles. The van der Waals surface area contributed by atoms with Crippen LogP contribution < -0.4 is 10.6 Å². The van der Waals surface area contributed by atoms with Crippen molar-refractivity contribution in [2.75, 3.05) is 24.5 Å². The molecule has 0 fully saturated rings. The minimum Gasteiger partial charge on any atom is -0.356 e. The smallest absolute Gasteiger partial charge is 0.290 e. The molecule has 0 saturated heterocycles. The molecule has 20 heavy (non-hydrogen) atoms. The maximum absolute atomic E-state index is 10.8. The van der Waals surface area contributed by atoms with Crippen LogP contribution in [0.1, 0.15) is 32.9 Å². The highest BCUT2D eigenvalue weighted by atomic mass is 16.6. The topological polar surface area (TPSA) is 85.3 Å². The van der Waals surface area contributed by atoms with Gasteiger partial charge in [0.1, 0.15) is 11.5 Å². The molecule has 1 rings (SSSR count). The largest absolute Gasteiger partial charge is 0.356 e. The second kappa shape index (κ2) is 6.65. The molecule has 0 atom stereocenters. The number of anilines is 1. The van der Waals surface area contributed by atoms with Gasteiger partial charge in [-0.1, -0.05) is 20.8 Å². The van der Waals surface area contributed by atoms with Crippen molar-refractivity contribution in [3.05, 3.63) is 27.9 Å². The van der Waals surface area contributed by atoms with Crippen LogP contribution in [0.25, 0.3) is 0 Å². The van der Waals surface area contributed by atoms with Crippen molar-refractivity contribution in [3.8, 4) is 0 Å². The molecule has 1 aromatic heterocycles. The Balaban J connectivity index is 3.03. The van der Waals surface area contributed by atoms with Gasteiger partial charge in [-0.25, -0.2) is 4.98 Å². The number of nitrogens with two attached hydrogens (primary N) is 1. The summed E-state index contributed by atoms with van der Waals surface area (Å²) in [7, 11) is 0. The van der Waals surface area contributed by atoms with Crippen LogP contribution in [0.5, 0.6) is 0 Å². The minimum absolute atomic E-state index is 0.0213. The predicted molar refractivity (Wildman–Crippen MR) is 81.0 cm³/mol. The van der Waals surface area contributed by atoms with Gasteiger partial charge in [0.2, 0.25) is 0 Å². The van der Waals surface area contributed by atoms with Gasteiger partial charge in [-0.3, -0.25) is 10.1 Å². The zero-order valence-electron chi connectivity index (χ0n) is 12.7. The Bertz CT molecular complexity index is 474. The molecule has 0 radical (unpaired) electrons. The first-order valence-electron chi connectivity index (χ1n) is 6.88. The van der Waals surface area contributed by atoms with E-state index in [1.54, 1.807) is 13.0 Å². The lowest BCUT2D eigenvalue weighted by Gasteiger charge is -2.32. The number of aromatic nitrogens is 1. The zero-order chi connectivity index (χ0) is 15.3. The lowest BCUT2D eigenvalue weighted by atomic mass is 9.93. The third-order valence-electron chi connectivity index (χ3n) is 3.23. The average molecular weight is 280 g/mol. The fourth-order valence-electron chi connectivity index (χ4n) is 2.04. The molecule has 6 heteroatoms. The van der Waals surface area contributed by atoms with Crippen molar-refractivity contribution in [1.82, 2.24) is 4.98 Å². The molecule has 0 spiro atoms. The molecule has 112 valence electrons. The van der Waals surface area contributed by atoms with Crippen molar-refractivity contribution < 1.29 is 4.92 Å². The van der Waals surface area contributed by atoms with E-state index in [1.807, 2.05) is 0 Å². The Morgan fingerprint density at radius 3 is 2.55 bits per heavy atom. The summed E-state index contributed by atoms with van der Waals surface area (Å²) in [5, 5.41) is 10.8. The molecule has 2 N–H and O–H groups in total. The quantitative estimate of drug-likeness (QED) is 0.612. The molecule has 0 saturated carbocycles. The molecule has 0 unspecified atom stereocenters.